The van der Waals surface area contributed by atoms with Gasteiger partial charge in [-0.25, -0.2) is 0 Å². The molecule has 2 aromatic rings. The van der Waals surface area contributed by atoms with Gasteiger partial charge in [-0.05, 0) is 35.3 Å². The molecule has 2 atom stereocenters. The highest BCUT2D eigenvalue weighted by molar-refractivity contribution is 5.98. The van der Waals surface area contributed by atoms with Gasteiger partial charge in [-0.3, -0.25) is 9.59 Å². The van der Waals surface area contributed by atoms with E-state index in [2.05, 4.69) is 0 Å². The van der Waals surface area contributed by atoms with Gasteiger partial charge in [-0.15, -0.1) is 0 Å². The van der Waals surface area contributed by atoms with Crippen molar-refractivity contribution in [3.05, 3.63) is 72.3 Å². The largest absolute Gasteiger partial charge is 0.432 e. The van der Waals surface area contributed by atoms with Crippen LogP contribution in [0.25, 0.3) is 11.1 Å². The summed E-state index contributed by atoms with van der Waals surface area (Å²) in [5.74, 6) is -0.598. The highest BCUT2D eigenvalue weighted by atomic mass is 16.7. The number of benzene rings is 2. The Balaban J connectivity index is 1.93. The van der Waals surface area contributed by atoms with Crippen LogP contribution in [0, 0.1) is 0 Å². The topological polar surface area (TPSA) is 52.6 Å². The predicted octanol–water partition coefficient (Wildman–Crippen LogP) is 4.00. The molecule has 0 bridgehead atoms. The van der Waals surface area contributed by atoms with E-state index < -0.39 is 17.9 Å². The minimum absolute atomic E-state index is 0.147. The Kier molecular flexibility index (Phi) is 4.81. The van der Waals surface area contributed by atoms with E-state index in [0.29, 0.717) is 6.42 Å². The number of carbonyl (C=O) groups excluding carboxylic acids is 2. The summed E-state index contributed by atoms with van der Waals surface area (Å²) in [6.45, 7) is 3.20. The number of hydrogen-bond acceptors (Lipinski definition) is 4. The summed E-state index contributed by atoms with van der Waals surface area (Å²) in [4.78, 5) is 23.8. The van der Waals surface area contributed by atoms with E-state index in [4.69, 9.17) is 9.47 Å². The van der Waals surface area contributed by atoms with Crippen LogP contribution in [0.1, 0.15) is 25.8 Å². The SMILES string of the molecule is CC[C@]1(c2ccc(-c3ccccc3)cc2)O[C@@H](OC(C)=O)C=CC1=O. The molecule has 0 amide bonds. The van der Waals surface area contributed by atoms with E-state index in [9.17, 15) is 9.59 Å². The first-order chi connectivity index (χ1) is 12.0. The van der Waals surface area contributed by atoms with Gasteiger partial charge >= 0.3 is 5.97 Å². The van der Waals surface area contributed by atoms with Gasteiger partial charge < -0.3 is 9.47 Å². The maximum Gasteiger partial charge on any atom is 0.305 e. The summed E-state index contributed by atoms with van der Waals surface area (Å²) >= 11 is 0. The molecule has 4 nitrogen and oxygen atoms in total. The summed E-state index contributed by atoms with van der Waals surface area (Å²) in [5.41, 5.74) is 1.78. The molecule has 0 saturated heterocycles. The lowest BCUT2D eigenvalue weighted by molar-refractivity contribution is -0.203. The molecule has 3 rings (SSSR count). The standard InChI is InChI=1S/C21H20O4/c1-3-21(19(23)13-14-20(25-21)24-15(2)22)18-11-9-17(10-12-18)16-7-5-4-6-8-16/h4-14,20H,3H2,1-2H3/t20-,21-/m1/s1. The number of esters is 1. The van der Waals surface area contributed by atoms with Gasteiger partial charge in [-0.2, -0.15) is 0 Å². The molecule has 0 saturated carbocycles. The fourth-order valence-corrected chi connectivity index (χ4v) is 3.06. The zero-order valence-electron chi connectivity index (χ0n) is 14.3. The molecule has 4 heteroatoms. The molecule has 1 aliphatic rings. The molecule has 25 heavy (non-hydrogen) atoms. The van der Waals surface area contributed by atoms with Gasteiger partial charge in [0, 0.05) is 6.92 Å². The van der Waals surface area contributed by atoms with E-state index in [1.165, 1.54) is 19.1 Å². The van der Waals surface area contributed by atoms with E-state index in [0.717, 1.165) is 16.7 Å². The molecule has 0 N–H and O–H groups in total. The lowest BCUT2D eigenvalue weighted by Crippen LogP contribution is -2.44. The second kappa shape index (κ2) is 7.03. The van der Waals surface area contributed by atoms with Crippen molar-refractivity contribution in [3.63, 3.8) is 0 Å². The molecule has 2 aromatic carbocycles. The van der Waals surface area contributed by atoms with Crippen LogP contribution in [-0.4, -0.2) is 18.0 Å². The Labute approximate surface area is 147 Å². The Morgan fingerprint density at radius 1 is 1.08 bits per heavy atom. The fraction of sp³-hybridized carbons (Fsp3) is 0.238. The first-order valence-electron chi connectivity index (χ1n) is 8.29. The molecule has 0 aliphatic carbocycles. The molecular formula is C21H20O4. The second-order valence-electron chi connectivity index (χ2n) is 5.94. The third kappa shape index (κ3) is 3.39. The van der Waals surface area contributed by atoms with E-state index in [1.54, 1.807) is 0 Å². The molecule has 128 valence electrons. The monoisotopic (exact) mass is 336 g/mol. The van der Waals surface area contributed by atoms with Crippen LogP contribution in [0.5, 0.6) is 0 Å². The number of ketones is 1. The van der Waals surface area contributed by atoms with Crippen molar-refractivity contribution in [1.29, 1.82) is 0 Å². The third-order valence-electron chi connectivity index (χ3n) is 4.36. The smallest absolute Gasteiger partial charge is 0.305 e. The van der Waals surface area contributed by atoms with Crippen LogP contribution >= 0.6 is 0 Å². The summed E-state index contributed by atoms with van der Waals surface area (Å²) in [5, 5.41) is 0. The van der Waals surface area contributed by atoms with Gasteiger partial charge in [0.1, 0.15) is 0 Å². The molecule has 0 unspecified atom stereocenters. The minimum atomic E-state index is -1.13. The Bertz CT molecular complexity index is 792. The van der Waals surface area contributed by atoms with Gasteiger partial charge in [0.25, 0.3) is 0 Å². The average Bonchev–Trinajstić information content (AvgIpc) is 2.64. The summed E-state index contributed by atoms with van der Waals surface area (Å²) < 4.78 is 11.0. The zero-order valence-corrected chi connectivity index (χ0v) is 14.3. The third-order valence-corrected chi connectivity index (χ3v) is 4.36. The van der Waals surface area contributed by atoms with Crippen LogP contribution in [0.2, 0.25) is 0 Å². The lowest BCUT2D eigenvalue weighted by Gasteiger charge is -2.36. The van der Waals surface area contributed by atoms with E-state index in [1.807, 2.05) is 61.5 Å². The van der Waals surface area contributed by atoms with Gasteiger partial charge in [0.2, 0.25) is 6.29 Å². The minimum Gasteiger partial charge on any atom is -0.432 e. The van der Waals surface area contributed by atoms with Crippen LogP contribution < -0.4 is 0 Å². The molecule has 0 aromatic heterocycles. The maximum absolute atomic E-state index is 12.6. The summed E-state index contributed by atoms with van der Waals surface area (Å²) in [6.07, 6.45) is 2.49. The first-order valence-corrected chi connectivity index (χ1v) is 8.29. The second-order valence-corrected chi connectivity index (χ2v) is 5.94. The number of hydrogen-bond donors (Lipinski definition) is 0. The van der Waals surface area contributed by atoms with E-state index >= 15 is 0 Å². The van der Waals surface area contributed by atoms with Crippen LogP contribution in [0.3, 0.4) is 0 Å². The van der Waals surface area contributed by atoms with Crippen LogP contribution in [0.15, 0.2) is 66.7 Å². The first kappa shape index (κ1) is 17.1. The number of carbonyl (C=O) groups is 2. The number of ether oxygens (including phenoxy) is 2. The van der Waals surface area contributed by atoms with Crippen molar-refractivity contribution in [2.45, 2.75) is 32.2 Å². The van der Waals surface area contributed by atoms with Crippen molar-refractivity contribution in [1.82, 2.24) is 0 Å². The normalized spacial score (nSPS) is 22.6. The molecule has 1 aliphatic heterocycles. The quantitative estimate of drug-likeness (QED) is 0.792. The van der Waals surface area contributed by atoms with Crippen molar-refractivity contribution in [2.75, 3.05) is 0 Å². The van der Waals surface area contributed by atoms with Gasteiger partial charge in [0.15, 0.2) is 11.4 Å². The Morgan fingerprint density at radius 2 is 1.72 bits per heavy atom. The van der Waals surface area contributed by atoms with Crippen LogP contribution in [-0.2, 0) is 24.7 Å². The zero-order chi connectivity index (χ0) is 17.9. The molecule has 0 fully saturated rings. The predicted molar refractivity (Wildman–Crippen MR) is 94.6 cm³/mol. The van der Waals surface area contributed by atoms with Crippen molar-refractivity contribution < 1.29 is 19.1 Å². The summed E-state index contributed by atoms with van der Waals surface area (Å²) in [7, 11) is 0. The highest BCUT2D eigenvalue weighted by Crippen LogP contribution is 2.36. The highest BCUT2D eigenvalue weighted by Gasteiger charge is 2.43. The Morgan fingerprint density at radius 3 is 2.32 bits per heavy atom. The molecule has 0 radical (unpaired) electrons. The summed E-state index contributed by atoms with van der Waals surface area (Å²) in [6, 6.07) is 17.7. The van der Waals surface area contributed by atoms with Gasteiger partial charge in [-0.1, -0.05) is 61.5 Å². The molecule has 0 spiro atoms. The van der Waals surface area contributed by atoms with Crippen molar-refractivity contribution in [2.24, 2.45) is 0 Å². The van der Waals surface area contributed by atoms with Crippen molar-refractivity contribution in [3.8, 4) is 11.1 Å². The van der Waals surface area contributed by atoms with Crippen LogP contribution in [0.4, 0.5) is 0 Å². The maximum atomic E-state index is 12.6. The lowest BCUT2D eigenvalue weighted by atomic mass is 9.84. The van der Waals surface area contributed by atoms with Crippen molar-refractivity contribution >= 4 is 11.8 Å². The average molecular weight is 336 g/mol. The van der Waals surface area contributed by atoms with Gasteiger partial charge in [0.05, 0.1) is 0 Å². The molecule has 1 heterocycles. The Hall–Kier alpha value is -2.72. The number of rotatable bonds is 4. The fourth-order valence-electron chi connectivity index (χ4n) is 3.06. The molecular weight excluding hydrogens is 316 g/mol. The van der Waals surface area contributed by atoms with E-state index in [-0.39, 0.29) is 5.78 Å².